The average molecular weight is 226 g/mol. The number of amides is 1. The summed E-state index contributed by atoms with van der Waals surface area (Å²) in [6.45, 7) is 5.01. The normalized spacial score (nSPS) is 34.3. The molecule has 2 heterocycles. The highest BCUT2D eigenvalue weighted by Gasteiger charge is 2.27. The molecule has 4 nitrogen and oxygen atoms in total. The zero-order valence-electron chi connectivity index (χ0n) is 10.00. The molecular weight excluding hydrogens is 204 g/mol. The van der Waals surface area contributed by atoms with Crippen LogP contribution in [0.25, 0.3) is 0 Å². The molecule has 0 radical (unpaired) electrons. The number of carbonyl (C=O) groups excluding carboxylic acids is 1. The van der Waals surface area contributed by atoms with Crippen LogP contribution in [0.2, 0.25) is 0 Å². The molecule has 3 unspecified atom stereocenters. The fourth-order valence-electron chi connectivity index (χ4n) is 2.65. The summed E-state index contributed by atoms with van der Waals surface area (Å²) in [7, 11) is 0. The van der Waals surface area contributed by atoms with Gasteiger partial charge in [0.15, 0.2) is 0 Å². The van der Waals surface area contributed by atoms with Crippen LogP contribution in [0.4, 0.5) is 0 Å². The van der Waals surface area contributed by atoms with Crippen molar-refractivity contribution in [2.24, 2.45) is 5.92 Å². The van der Waals surface area contributed by atoms with Crippen molar-refractivity contribution in [1.29, 1.82) is 0 Å². The summed E-state index contributed by atoms with van der Waals surface area (Å²) in [5, 5.41) is 6.43. The second kappa shape index (κ2) is 5.64. The zero-order valence-corrected chi connectivity index (χ0v) is 10.00. The van der Waals surface area contributed by atoms with Crippen LogP contribution < -0.4 is 10.6 Å². The molecule has 0 spiro atoms. The Labute approximate surface area is 97.1 Å². The van der Waals surface area contributed by atoms with Gasteiger partial charge in [0.05, 0.1) is 6.10 Å². The first-order valence-electron chi connectivity index (χ1n) is 6.41. The second-order valence-electron chi connectivity index (χ2n) is 4.83. The van der Waals surface area contributed by atoms with E-state index in [0.29, 0.717) is 24.5 Å². The Morgan fingerprint density at radius 2 is 2.31 bits per heavy atom. The fraction of sp³-hybridized carbons (Fsp3) is 0.917. The Hall–Kier alpha value is -0.610. The molecule has 16 heavy (non-hydrogen) atoms. The van der Waals surface area contributed by atoms with Crippen molar-refractivity contribution >= 4 is 5.91 Å². The third-order valence-electron chi connectivity index (χ3n) is 3.63. The maximum absolute atomic E-state index is 11.0. The number of hydrogen-bond acceptors (Lipinski definition) is 3. The van der Waals surface area contributed by atoms with E-state index in [0.717, 1.165) is 32.5 Å². The van der Waals surface area contributed by atoms with Gasteiger partial charge in [-0.3, -0.25) is 4.79 Å². The number of rotatable bonds is 5. The molecular formula is C12H22N2O2. The van der Waals surface area contributed by atoms with E-state index in [2.05, 4.69) is 17.6 Å². The van der Waals surface area contributed by atoms with Crippen molar-refractivity contribution in [3.8, 4) is 0 Å². The Morgan fingerprint density at radius 1 is 1.44 bits per heavy atom. The molecule has 0 bridgehead atoms. The van der Waals surface area contributed by atoms with Crippen LogP contribution in [-0.2, 0) is 9.53 Å². The van der Waals surface area contributed by atoms with Crippen molar-refractivity contribution in [3.05, 3.63) is 0 Å². The molecule has 0 aromatic rings. The monoisotopic (exact) mass is 226 g/mol. The Bertz CT molecular complexity index is 245. The first kappa shape index (κ1) is 11.9. The zero-order chi connectivity index (χ0) is 11.4. The van der Waals surface area contributed by atoms with E-state index >= 15 is 0 Å². The van der Waals surface area contributed by atoms with Gasteiger partial charge in [0.1, 0.15) is 0 Å². The molecule has 2 rings (SSSR count). The van der Waals surface area contributed by atoms with Gasteiger partial charge in [0.2, 0.25) is 5.91 Å². The van der Waals surface area contributed by atoms with Crippen molar-refractivity contribution in [1.82, 2.24) is 10.6 Å². The van der Waals surface area contributed by atoms with Crippen LogP contribution in [0.1, 0.15) is 32.6 Å². The van der Waals surface area contributed by atoms with Gasteiger partial charge >= 0.3 is 0 Å². The van der Waals surface area contributed by atoms with Crippen LogP contribution in [0.5, 0.6) is 0 Å². The van der Waals surface area contributed by atoms with Gasteiger partial charge in [0, 0.05) is 32.2 Å². The highest BCUT2D eigenvalue weighted by molar-refractivity contribution is 5.78. The van der Waals surface area contributed by atoms with Gasteiger partial charge in [-0.05, 0) is 25.2 Å². The third kappa shape index (κ3) is 2.95. The molecule has 0 aliphatic carbocycles. The minimum atomic E-state index is 0.197. The number of ether oxygens (including phenoxy) is 1. The lowest BCUT2D eigenvalue weighted by molar-refractivity contribution is -0.119. The largest absolute Gasteiger partial charge is 0.378 e. The van der Waals surface area contributed by atoms with E-state index in [9.17, 15) is 4.79 Å². The van der Waals surface area contributed by atoms with Gasteiger partial charge in [-0.15, -0.1) is 0 Å². The first-order chi connectivity index (χ1) is 7.79. The molecule has 2 aliphatic rings. The average Bonchev–Trinajstić information content (AvgIpc) is 2.87. The lowest BCUT2D eigenvalue weighted by atomic mass is 9.99. The minimum Gasteiger partial charge on any atom is -0.378 e. The molecule has 1 amide bonds. The molecule has 2 N–H and O–H groups in total. The van der Waals surface area contributed by atoms with E-state index in [1.807, 2.05) is 0 Å². The Kier molecular flexibility index (Phi) is 4.18. The van der Waals surface area contributed by atoms with Crippen LogP contribution in [-0.4, -0.2) is 37.7 Å². The molecule has 3 atom stereocenters. The lowest BCUT2D eigenvalue weighted by Crippen LogP contribution is -2.38. The Morgan fingerprint density at radius 3 is 3.00 bits per heavy atom. The maximum atomic E-state index is 11.0. The van der Waals surface area contributed by atoms with Gasteiger partial charge < -0.3 is 15.4 Å². The SMILES string of the molecule is CCC1OCCC1CNCC1CCC(=O)N1. The predicted octanol–water partition coefficient (Wildman–Crippen LogP) is 0.670. The Balaban J connectivity index is 1.62. The highest BCUT2D eigenvalue weighted by atomic mass is 16.5. The lowest BCUT2D eigenvalue weighted by Gasteiger charge is -2.18. The van der Waals surface area contributed by atoms with Gasteiger partial charge in [0.25, 0.3) is 0 Å². The van der Waals surface area contributed by atoms with Gasteiger partial charge in [-0.1, -0.05) is 6.92 Å². The van der Waals surface area contributed by atoms with E-state index in [-0.39, 0.29) is 5.91 Å². The summed E-state index contributed by atoms with van der Waals surface area (Å²) >= 11 is 0. The number of carbonyl (C=O) groups is 1. The standard InChI is InChI=1S/C12H22N2O2/c1-2-11-9(5-6-16-11)7-13-8-10-3-4-12(15)14-10/h9-11,13H,2-8H2,1H3,(H,14,15). The summed E-state index contributed by atoms with van der Waals surface area (Å²) in [6, 6.07) is 0.342. The number of nitrogens with one attached hydrogen (secondary N) is 2. The van der Waals surface area contributed by atoms with Crippen LogP contribution >= 0.6 is 0 Å². The van der Waals surface area contributed by atoms with Gasteiger partial charge in [-0.2, -0.15) is 0 Å². The van der Waals surface area contributed by atoms with E-state index < -0.39 is 0 Å². The molecule has 0 saturated carbocycles. The molecule has 4 heteroatoms. The maximum Gasteiger partial charge on any atom is 0.220 e. The van der Waals surface area contributed by atoms with Crippen LogP contribution in [0.15, 0.2) is 0 Å². The molecule has 2 fully saturated rings. The van der Waals surface area contributed by atoms with E-state index in [1.54, 1.807) is 0 Å². The van der Waals surface area contributed by atoms with E-state index in [4.69, 9.17) is 4.74 Å². The quantitative estimate of drug-likeness (QED) is 0.724. The van der Waals surface area contributed by atoms with Gasteiger partial charge in [-0.25, -0.2) is 0 Å². The summed E-state index contributed by atoms with van der Waals surface area (Å²) < 4.78 is 5.64. The van der Waals surface area contributed by atoms with Crippen LogP contribution in [0.3, 0.4) is 0 Å². The summed E-state index contributed by atoms with van der Waals surface area (Å²) in [4.78, 5) is 11.0. The topological polar surface area (TPSA) is 50.4 Å². The summed E-state index contributed by atoms with van der Waals surface area (Å²) in [6.07, 6.45) is 4.38. The first-order valence-corrected chi connectivity index (χ1v) is 6.41. The third-order valence-corrected chi connectivity index (χ3v) is 3.63. The molecule has 92 valence electrons. The molecule has 0 aromatic carbocycles. The molecule has 2 saturated heterocycles. The summed E-state index contributed by atoms with van der Waals surface area (Å²) in [5.74, 6) is 0.851. The van der Waals surface area contributed by atoms with Crippen molar-refractivity contribution in [3.63, 3.8) is 0 Å². The predicted molar refractivity (Wildman–Crippen MR) is 62.2 cm³/mol. The van der Waals surface area contributed by atoms with Crippen molar-refractivity contribution < 1.29 is 9.53 Å². The molecule has 0 aromatic heterocycles. The fourth-order valence-corrected chi connectivity index (χ4v) is 2.65. The smallest absolute Gasteiger partial charge is 0.220 e. The second-order valence-corrected chi connectivity index (χ2v) is 4.83. The molecule has 2 aliphatic heterocycles. The minimum absolute atomic E-state index is 0.197. The van der Waals surface area contributed by atoms with Crippen molar-refractivity contribution in [2.75, 3.05) is 19.7 Å². The van der Waals surface area contributed by atoms with Crippen LogP contribution in [0, 0.1) is 5.92 Å². The highest BCUT2D eigenvalue weighted by Crippen LogP contribution is 2.22. The number of hydrogen-bond donors (Lipinski definition) is 2. The van der Waals surface area contributed by atoms with E-state index in [1.165, 1.54) is 6.42 Å². The van der Waals surface area contributed by atoms with Crippen molar-refractivity contribution in [2.45, 2.75) is 44.8 Å². The summed E-state index contributed by atoms with van der Waals surface area (Å²) in [5.41, 5.74) is 0.